The monoisotopic (exact) mass is 290 g/mol. The maximum Gasteiger partial charge on any atom is 0.335 e. The Morgan fingerprint density at radius 3 is 2.81 bits per heavy atom. The molecule has 0 radical (unpaired) electrons. The highest BCUT2D eigenvalue weighted by molar-refractivity contribution is 5.88. The van der Waals surface area contributed by atoms with E-state index in [-0.39, 0.29) is 0 Å². The molecular formula is C17H26N2O2. The molecule has 1 aliphatic rings. The first-order valence-electron chi connectivity index (χ1n) is 8.11. The van der Waals surface area contributed by atoms with Gasteiger partial charge in [-0.1, -0.05) is 39.5 Å². The van der Waals surface area contributed by atoms with Crippen LogP contribution in [-0.4, -0.2) is 22.1 Å². The highest BCUT2D eigenvalue weighted by Gasteiger charge is 2.20. The number of nitrogens with zero attached hydrogens (tertiary/aromatic N) is 1. The van der Waals surface area contributed by atoms with Crippen LogP contribution < -0.4 is 5.32 Å². The Balaban J connectivity index is 2.19. The van der Waals surface area contributed by atoms with Crippen molar-refractivity contribution in [2.75, 3.05) is 5.32 Å². The van der Waals surface area contributed by atoms with E-state index in [4.69, 9.17) is 0 Å². The number of aryl methyl sites for hydroxylation is 1. The van der Waals surface area contributed by atoms with Gasteiger partial charge in [-0.15, -0.1) is 0 Å². The number of aromatic nitrogens is 1. The van der Waals surface area contributed by atoms with Gasteiger partial charge in [0.1, 0.15) is 5.82 Å². The second-order valence-corrected chi connectivity index (χ2v) is 6.15. The molecule has 0 spiro atoms. The maximum absolute atomic E-state index is 11.3. The van der Waals surface area contributed by atoms with Crippen molar-refractivity contribution in [1.29, 1.82) is 0 Å². The van der Waals surface area contributed by atoms with Crippen molar-refractivity contribution in [3.8, 4) is 0 Å². The van der Waals surface area contributed by atoms with Gasteiger partial charge in [-0.3, -0.25) is 0 Å². The molecule has 116 valence electrons. The lowest BCUT2D eigenvalue weighted by molar-refractivity contribution is 0.0696. The summed E-state index contributed by atoms with van der Waals surface area (Å²) in [6.45, 7) is 4.35. The minimum absolute atomic E-state index is 0.331. The summed E-state index contributed by atoms with van der Waals surface area (Å²) in [6.07, 6.45) is 7.99. The van der Waals surface area contributed by atoms with E-state index in [1.165, 1.54) is 25.7 Å². The van der Waals surface area contributed by atoms with Gasteiger partial charge in [-0.2, -0.15) is 0 Å². The highest BCUT2D eigenvalue weighted by Crippen LogP contribution is 2.26. The Morgan fingerprint density at radius 2 is 2.10 bits per heavy atom. The molecule has 0 amide bonds. The molecule has 4 heteroatoms. The van der Waals surface area contributed by atoms with Gasteiger partial charge in [-0.05, 0) is 37.3 Å². The lowest BCUT2D eigenvalue weighted by atomic mass is 9.97. The minimum Gasteiger partial charge on any atom is -0.478 e. The average molecular weight is 290 g/mol. The van der Waals surface area contributed by atoms with Gasteiger partial charge in [0.05, 0.1) is 5.56 Å². The van der Waals surface area contributed by atoms with Gasteiger partial charge < -0.3 is 10.4 Å². The van der Waals surface area contributed by atoms with Crippen molar-refractivity contribution < 1.29 is 9.90 Å². The van der Waals surface area contributed by atoms with Gasteiger partial charge in [-0.25, -0.2) is 9.78 Å². The van der Waals surface area contributed by atoms with Crippen molar-refractivity contribution in [3.63, 3.8) is 0 Å². The number of hydrogen-bond donors (Lipinski definition) is 2. The number of rotatable bonds is 5. The normalized spacial score (nSPS) is 22.6. The van der Waals surface area contributed by atoms with Gasteiger partial charge in [0.25, 0.3) is 0 Å². The first-order valence-corrected chi connectivity index (χ1v) is 8.11. The zero-order chi connectivity index (χ0) is 15.2. The summed E-state index contributed by atoms with van der Waals surface area (Å²) in [7, 11) is 0. The fraction of sp³-hybridized carbons (Fsp3) is 0.647. The Morgan fingerprint density at radius 1 is 1.33 bits per heavy atom. The molecular weight excluding hydrogens is 264 g/mol. The highest BCUT2D eigenvalue weighted by atomic mass is 16.4. The van der Waals surface area contributed by atoms with Crippen molar-refractivity contribution in [3.05, 3.63) is 23.4 Å². The third kappa shape index (κ3) is 4.45. The molecule has 0 aromatic carbocycles. The van der Waals surface area contributed by atoms with Crippen LogP contribution >= 0.6 is 0 Å². The zero-order valence-electron chi connectivity index (χ0n) is 13.1. The number of nitrogens with one attached hydrogen (secondary N) is 1. The van der Waals surface area contributed by atoms with E-state index in [0.717, 1.165) is 30.8 Å². The number of anilines is 1. The van der Waals surface area contributed by atoms with E-state index < -0.39 is 5.97 Å². The molecule has 0 aliphatic heterocycles. The summed E-state index contributed by atoms with van der Waals surface area (Å²) in [6, 6.07) is 3.76. The van der Waals surface area contributed by atoms with Gasteiger partial charge in [0.2, 0.25) is 0 Å². The number of carbonyl (C=O) groups is 1. The molecule has 2 atom stereocenters. The lowest BCUT2D eigenvalue weighted by Crippen LogP contribution is -2.27. The van der Waals surface area contributed by atoms with Crippen LogP contribution in [0, 0.1) is 5.92 Å². The number of hydrogen-bond acceptors (Lipinski definition) is 3. The van der Waals surface area contributed by atoms with Crippen LogP contribution in [0.4, 0.5) is 5.82 Å². The summed E-state index contributed by atoms with van der Waals surface area (Å²) < 4.78 is 0. The van der Waals surface area contributed by atoms with E-state index in [2.05, 4.69) is 24.1 Å². The summed E-state index contributed by atoms with van der Waals surface area (Å²) in [5.74, 6) is 0.446. The van der Waals surface area contributed by atoms with Crippen LogP contribution in [0.3, 0.4) is 0 Å². The zero-order valence-corrected chi connectivity index (χ0v) is 13.1. The van der Waals surface area contributed by atoms with Gasteiger partial charge >= 0.3 is 5.97 Å². The number of aromatic carboxylic acids is 1. The molecule has 2 rings (SSSR count). The smallest absolute Gasteiger partial charge is 0.335 e. The maximum atomic E-state index is 11.3. The van der Waals surface area contributed by atoms with E-state index in [0.29, 0.717) is 17.5 Å². The van der Waals surface area contributed by atoms with Crippen LogP contribution in [0.1, 0.15) is 68.4 Å². The predicted molar refractivity (Wildman–Crippen MR) is 84.9 cm³/mol. The third-order valence-electron chi connectivity index (χ3n) is 4.33. The number of carboxylic acid groups (broad SMARTS) is 1. The second-order valence-electron chi connectivity index (χ2n) is 6.15. The molecule has 2 N–H and O–H groups in total. The topological polar surface area (TPSA) is 62.2 Å². The minimum atomic E-state index is -0.883. The molecule has 1 fully saturated rings. The summed E-state index contributed by atoms with van der Waals surface area (Å²) in [5, 5.41) is 12.7. The molecule has 21 heavy (non-hydrogen) atoms. The van der Waals surface area contributed by atoms with E-state index >= 15 is 0 Å². The summed E-state index contributed by atoms with van der Waals surface area (Å²) >= 11 is 0. The van der Waals surface area contributed by atoms with Crippen LogP contribution in [0.25, 0.3) is 0 Å². The molecule has 4 nitrogen and oxygen atoms in total. The van der Waals surface area contributed by atoms with Crippen LogP contribution in [0.2, 0.25) is 0 Å². The first kappa shape index (κ1) is 15.8. The Hall–Kier alpha value is -1.58. The SMILES string of the molecule is CCCc1cc(C(=O)O)cc(NC2CCCCCC2C)n1. The van der Waals surface area contributed by atoms with E-state index in [9.17, 15) is 9.90 Å². The largest absolute Gasteiger partial charge is 0.478 e. The number of carboxylic acids is 1. The molecule has 2 unspecified atom stereocenters. The van der Waals surface area contributed by atoms with Gasteiger partial charge in [0, 0.05) is 11.7 Å². The molecule has 1 aromatic rings. The molecule has 1 heterocycles. The third-order valence-corrected chi connectivity index (χ3v) is 4.33. The quantitative estimate of drug-likeness (QED) is 0.801. The molecule has 0 bridgehead atoms. The molecule has 1 aromatic heterocycles. The summed E-state index contributed by atoms with van der Waals surface area (Å²) in [5.41, 5.74) is 1.19. The Bertz CT molecular complexity index is 488. The fourth-order valence-electron chi connectivity index (χ4n) is 3.07. The average Bonchev–Trinajstić information content (AvgIpc) is 2.64. The second kappa shape index (κ2) is 7.43. The van der Waals surface area contributed by atoms with Crippen molar-refractivity contribution in [2.24, 2.45) is 5.92 Å². The predicted octanol–water partition coefficient (Wildman–Crippen LogP) is 4.11. The molecule has 1 saturated carbocycles. The van der Waals surface area contributed by atoms with Gasteiger partial charge in [0.15, 0.2) is 0 Å². The molecule has 1 aliphatic carbocycles. The van der Waals surface area contributed by atoms with Crippen molar-refractivity contribution in [2.45, 2.75) is 64.8 Å². The molecule has 0 saturated heterocycles. The summed E-state index contributed by atoms with van der Waals surface area (Å²) in [4.78, 5) is 15.9. The standard InChI is InChI=1S/C17H26N2O2/c1-3-7-14-10-13(17(20)21)11-16(18-14)19-15-9-6-4-5-8-12(15)2/h10-12,15H,3-9H2,1-2H3,(H,18,19)(H,20,21). The fourth-order valence-corrected chi connectivity index (χ4v) is 3.07. The van der Waals surface area contributed by atoms with E-state index in [1.807, 2.05) is 0 Å². The first-order chi connectivity index (χ1) is 10.1. The van der Waals surface area contributed by atoms with Crippen LogP contribution in [0.15, 0.2) is 12.1 Å². The Labute approximate surface area is 127 Å². The van der Waals surface area contributed by atoms with Crippen LogP contribution in [0.5, 0.6) is 0 Å². The lowest BCUT2D eigenvalue weighted by Gasteiger charge is -2.23. The van der Waals surface area contributed by atoms with Crippen LogP contribution in [-0.2, 0) is 6.42 Å². The van der Waals surface area contributed by atoms with E-state index in [1.54, 1.807) is 12.1 Å². The number of pyridine rings is 1. The van der Waals surface area contributed by atoms with Crippen molar-refractivity contribution in [1.82, 2.24) is 4.98 Å². The Kier molecular flexibility index (Phi) is 5.59. The van der Waals surface area contributed by atoms with Crippen molar-refractivity contribution >= 4 is 11.8 Å².